The van der Waals surface area contributed by atoms with Gasteiger partial charge in [-0.1, -0.05) is 0 Å². The van der Waals surface area contributed by atoms with E-state index in [1.165, 1.54) is 9.21 Å². The minimum absolute atomic E-state index is 0.0953. The van der Waals surface area contributed by atoms with E-state index in [2.05, 4.69) is 0 Å². The number of carbonyl (C=O) groups excluding carboxylic acids is 1. The molecule has 2 saturated heterocycles. The first-order valence-electron chi connectivity index (χ1n) is 6.38. The van der Waals surface area contributed by atoms with E-state index in [0.29, 0.717) is 32.4 Å². The Bertz CT molecular complexity index is 475. The number of carboxylic acids is 1. The second-order valence-corrected chi connectivity index (χ2v) is 7.11. The summed E-state index contributed by atoms with van der Waals surface area (Å²) in [7, 11) is -3.28. The molecule has 0 aromatic heterocycles. The molecule has 1 amide bonds. The van der Waals surface area contributed by atoms with E-state index in [-0.39, 0.29) is 24.7 Å². The van der Waals surface area contributed by atoms with Gasteiger partial charge in [-0.2, -0.15) is 4.31 Å². The fourth-order valence-corrected chi connectivity index (χ4v) is 3.99. The quantitative estimate of drug-likeness (QED) is 0.745. The first kappa shape index (κ1) is 14.3. The van der Waals surface area contributed by atoms with Crippen LogP contribution < -0.4 is 0 Å². The van der Waals surface area contributed by atoms with Crippen LogP contribution in [0.15, 0.2) is 0 Å². The molecule has 0 spiro atoms. The lowest BCUT2D eigenvalue weighted by Gasteiger charge is -2.31. The molecule has 0 radical (unpaired) electrons. The lowest BCUT2D eigenvalue weighted by atomic mass is 9.98. The molecule has 108 valence electrons. The predicted octanol–water partition coefficient (Wildman–Crippen LogP) is -0.655. The standard InChI is InChI=1S/C11H18N2O5S/c14-10(8-13-5-2-6-19(13,17)18)12-4-1-3-9(7-12)11(15)16/h9H,1-8H2,(H,15,16). The minimum atomic E-state index is -3.28. The third-order valence-electron chi connectivity index (χ3n) is 3.64. The Kier molecular flexibility index (Phi) is 4.10. The number of aliphatic carboxylic acids is 1. The Morgan fingerprint density at radius 3 is 2.53 bits per heavy atom. The van der Waals surface area contributed by atoms with Gasteiger partial charge in [0.05, 0.1) is 18.2 Å². The highest BCUT2D eigenvalue weighted by molar-refractivity contribution is 7.89. The summed E-state index contributed by atoms with van der Waals surface area (Å²) >= 11 is 0. The van der Waals surface area contributed by atoms with Crippen molar-refractivity contribution in [3.8, 4) is 0 Å². The fourth-order valence-electron chi connectivity index (χ4n) is 2.52. The van der Waals surface area contributed by atoms with Crippen LogP contribution in [0.5, 0.6) is 0 Å². The monoisotopic (exact) mass is 290 g/mol. The molecule has 2 fully saturated rings. The molecule has 0 aliphatic carbocycles. The summed E-state index contributed by atoms with van der Waals surface area (Å²) in [4.78, 5) is 24.4. The third kappa shape index (κ3) is 3.24. The molecular formula is C11H18N2O5S. The predicted molar refractivity (Wildman–Crippen MR) is 66.9 cm³/mol. The van der Waals surface area contributed by atoms with Gasteiger partial charge < -0.3 is 10.0 Å². The van der Waals surface area contributed by atoms with Gasteiger partial charge in [-0.05, 0) is 19.3 Å². The van der Waals surface area contributed by atoms with Gasteiger partial charge in [0.1, 0.15) is 0 Å². The number of carbonyl (C=O) groups is 2. The van der Waals surface area contributed by atoms with Gasteiger partial charge in [0.2, 0.25) is 15.9 Å². The third-order valence-corrected chi connectivity index (χ3v) is 5.54. The zero-order valence-electron chi connectivity index (χ0n) is 10.6. The number of amides is 1. The Labute approximate surface area is 112 Å². The summed E-state index contributed by atoms with van der Waals surface area (Å²) in [5.74, 6) is -1.63. The molecule has 0 saturated carbocycles. The topological polar surface area (TPSA) is 95.0 Å². The Morgan fingerprint density at radius 1 is 1.21 bits per heavy atom. The summed E-state index contributed by atoms with van der Waals surface area (Å²) < 4.78 is 24.4. The van der Waals surface area contributed by atoms with Crippen LogP contribution in [-0.2, 0) is 19.6 Å². The van der Waals surface area contributed by atoms with Crippen molar-refractivity contribution in [2.75, 3.05) is 31.9 Å². The zero-order chi connectivity index (χ0) is 14.0. The molecule has 8 heteroatoms. The van der Waals surface area contributed by atoms with Gasteiger partial charge in [0, 0.05) is 19.6 Å². The van der Waals surface area contributed by atoms with Gasteiger partial charge in [0.15, 0.2) is 0 Å². The van der Waals surface area contributed by atoms with E-state index in [1.807, 2.05) is 0 Å². The van der Waals surface area contributed by atoms with Crippen LogP contribution >= 0.6 is 0 Å². The maximum absolute atomic E-state index is 12.0. The van der Waals surface area contributed by atoms with Crippen molar-refractivity contribution >= 4 is 21.9 Å². The number of carboxylic acid groups (broad SMARTS) is 1. The average molecular weight is 290 g/mol. The second-order valence-electron chi connectivity index (χ2n) is 5.02. The number of rotatable bonds is 3. The largest absolute Gasteiger partial charge is 0.481 e. The van der Waals surface area contributed by atoms with E-state index >= 15 is 0 Å². The Balaban J connectivity index is 1.95. The van der Waals surface area contributed by atoms with Crippen LogP contribution in [0, 0.1) is 5.92 Å². The molecule has 1 N–H and O–H groups in total. The number of hydrogen-bond donors (Lipinski definition) is 1. The fraction of sp³-hybridized carbons (Fsp3) is 0.818. The first-order valence-corrected chi connectivity index (χ1v) is 7.99. The molecule has 1 atom stereocenters. The number of sulfonamides is 1. The highest BCUT2D eigenvalue weighted by Gasteiger charge is 2.33. The summed E-state index contributed by atoms with van der Waals surface area (Å²) in [6, 6.07) is 0. The van der Waals surface area contributed by atoms with Crippen LogP contribution in [0.1, 0.15) is 19.3 Å². The van der Waals surface area contributed by atoms with Crippen molar-refractivity contribution in [3.63, 3.8) is 0 Å². The van der Waals surface area contributed by atoms with Crippen LogP contribution in [0.3, 0.4) is 0 Å². The van der Waals surface area contributed by atoms with Crippen molar-refractivity contribution in [3.05, 3.63) is 0 Å². The molecule has 0 aromatic carbocycles. The molecule has 7 nitrogen and oxygen atoms in total. The summed E-state index contributed by atoms with van der Waals surface area (Å²) in [6.45, 7) is 0.914. The van der Waals surface area contributed by atoms with E-state index in [9.17, 15) is 18.0 Å². The van der Waals surface area contributed by atoms with Crippen LogP contribution in [-0.4, -0.2) is 66.5 Å². The normalized spacial score (nSPS) is 27.4. The lowest BCUT2D eigenvalue weighted by molar-refractivity contribution is -0.145. The number of nitrogens with zero attached hydrogens (tertiary/aromatic N) is 2. The van der Waals surface area contributed by atoms with Crippen molar-refractivity contribution < 1.29 is 23.1 Å². The van der Waals surface area contributed by atoms with Crippen molar-refractivity contribution in [1.29, 1.82) is 0 Å². The van der Waals surface area contributed by atoms with Gasteiger partial charge in [-0.3, -0.25) is 9.59 Å². The Hall–Kier alpha value is -1.15. The molecule has 0 aromatic rings. The molecule has 2 heterocycles. The minimum Gasteiger partial charge on any atom is -0.481 e. The molecule has 1 unspecified atom stereocenters. The molecule has 2 rings (SSSR count). The van der Waals surface area contributed by atoms with Crippen molar-refractivity contribution in [2.45, 2.75) is 19.3 Å². The zero-order valence-corrected chi connectivity index (χ0v) is 11.4. The summed E-state index contributed by atoms with van der Waals surface area (Å²) in [5, 5.41) is 8.96. The SMILES string of the molecule is O=C(O)C1CCCN(C(=O)CN2CCCS2(=O)=O)C1. The number of likely N-dealkylation sites (tertiary alicyclic amines) is 1. The van der Waals surface area contributed by atoms with E-state index in [4.69, 9.17) is 5.11 Å². The molecule has 19 heavy (non-hydrogen) atoms. The maximum Gasteiger partial charge on any atom is 0.308 e. The summed E-state index contributed by atoms with van der Waals surface area (Å²) in [6.07, 6.45) is 1.77. The maximum atomic E-state index is 12.0. The van der Waals surface area contributed by atoms with Gasteiger partial charge in [-0.25, -0.2) is 8.42 Å². The highest BCUT2D eigenvalue weighted by Crippen LogP contribution is 2.18. The lowest BCUT2D eigenvalue weighted by Crippen LogP contribution is -2.46. The van der Waals surface area contributed by atoms with Gasteiger partial charge in [-0.15, -0.1) is 0 Å². The van der Waals surface area contributed by atoms with E-state index in [1.54, 1.807) is 0 Å². The van der Waals surface area contributed by atoms with E-state index in [0.717, 1.165) is 0 Å². The average Bonchev–Trinajstić information content (AvgIpc) is 2.69. The number of piperidine rings is 1. The van der Waals surface area contributed by atoms with Crippen molar-refractivity contribution in [1.82, 2.24) is 9.21 Å². The molecule has 2 aliphatic heterocycles. The van der Waals surface area contributed by atoms with Crippen LogP contribution in [0.4, 0.5) is 0 Å². The highest BCUT2D eigenvalue weighted by atomic mass is 32.2. The van der Waals surface area contributed by atoms with Crippen molar-refractivity contribution in [2.24, 2.45) is 5.92 Å². The van der Waals surface area contributed by atoms with Gasteiger partial charge >= 0.3 is 5.97 Å². The van der Waals surface area contributed by atoms with Crippen LogP contribution in [0.25, 0.3) is 0 Å². The summed E-state index contributed by atoms with van der Waals surface area (Å²) in [5.41, 5.74) is 0. The number of hydrogen-bond acceptors (Lipinski definition) is 4. The second kappa shape index (κ2) is 5.46. The van der Waals surface area contributed by atoms with Gasteiger partial charge in [0.25, 0.3) is 0 Å². The molecular weight excluding hydrogens is 272 g/mol. The van der Waals surface area contributed by atoms with Crippen LogP contribution in [0.2, 0.25) is 0 Å². The smallest absolute Gasteiger partial charge is 0.308 e. The van der Waals surface area contributed by atoms with E-state index < -0.39 is 21.9 Å². The first-order chi connectivity index (χ1) is 8.90. The molecule has 0 bridgehead atoms. The Morgan fingerprint density at radius 2 is 1.95 bits per heavy atom. The molecule has 2 aliphatic rings.